The Hall–Kier alpha value is -4.70. The Balaban J connectivity index is 1.46. The van der Waals surface area contributed by atoms with Crippen LogP contribution in [0.2, 0.25) is 5.02 Å². The molecule has 5 aromatic rings. The summed E-state index contributed by atoms with van der Waals surface area (Å²) in [5.74, 6) is 0.619. The monoisotopic (exact) mass is 543 g/mol. The van der Waals surface area contributed by atoms with Gasteiger partial charge < -0.3 is 15.4 Å². The third-order valence-corrected chi connectivity index (χ3v) is 6.45. The molecule has 39 heavy (non-hydrogen) atoms. The van der Waals surface area contributed by atoms with E-state index in [0.29, 0.717) is 44.6 Å². The number of aromatic nitrogens is 5. The van der Waals surface area contributed by atoms with Crippen LogP contribution in [0, 0.1) is 6.92 Å². The fraction of sp³-hybridized carbons (Fsp3) is 0.179. The number of phenolic OH excluding ortho intramolecular Hbond substituents is 1. The summed E-state index contributed by atoms with van der Waals surface area (Å²) in [7, 11) is 0. The van der Waals surface area contributed by atoms with Crippen LogP contribution in [0.25, 0.3) is 16.7 Å². The molecule has 0 saturated heterocycles. The third kappa shape index (κ3) is 5.32. The highest BCUT2D eigenvalue weighted by Crippen LogP contribution is 2.30. The van der Waals surface area contributed by atoms with Crippen molar-refractivity contribution in [1.29, 1.82) is 0 Å². The predicted octanol–water partition coefficient (Wildman–Crippen LogP) is 5.53. The van der Waals surface area contributed by atoms with Gasteiger partial charge >= 0.3 is 6.03 Å². The van der Waals surface area contributed by atoms with Crippen molar-refractivity contribution in [3.63, 3.8) is 0 Å². The number of pyridine rings is 1. The van der Waals surface area contributed by atoms with Crippen LogP contribution in [-0.4, -0.2) is 35.9 Å². The quantitative estimate of drug-likeness (QED) is 0.208. The summed E-state index contributed by atoms with van der Waals surface area (Å²) in [5, 5.41) is 21.4. The molecule has 0 spiro atoms. The number of para-hydroxylation sites is 1. The average Bonchev–Trinajstić information content (AvgIpc) is 3.26. The zero-order valence-electron chi connectivity index (χ0n) is 21.5. The summed E-state index contributed by atoms with van der Waals surface area (Å²) >= 11 is 6.54. The van der Waals surface area contributed by atoms with Crippen LogP contribution in [0.4, 0.5) is 16.3 Å². The molecule has 0 bridgehead atoms. The van der Waals surface area contributed by atoms with E-state index >= 15 is 0 Å². The molecule has 0 unspecified atom stereocenters. The number of anilines is 2. The lowest BCUT2D eigenvalue weighted by Crippen LogP contribution is -2.20. The SMILES string of the molecule is Cc1cccc(Cl)c1-n1nc(C(C)C)c2c(=O)[nH]c(Cc3ccc(NC(=O)Nc4ccccn4)c(O)c3)nc21. The number of hydrogen-bond acceptors (Lipinski definition) is 6. The number of H-pyrrole nitrogens is 1. The second-order valence-electron chi connectivity index (χ2n) is 9.39. The van der Waals surface area contributed by atoms with E-state index in [1.165, 1.54) is 6.07 Å². The van der Waals surface area contributed by atoms with Crippen molar-refractivity contribution >= 4 is 40.2 Å². The fourth-order valence-electron chi connectivity index (χ4n) is 4.32. The van der Waals surface area contributed by atoms with Gasteiger partial charge in [0.25, 0.3) is 5.56 Å². The number of aromatic hydroxyl groups is 1. The standard InChI is InChI=1S/C28H26ClN7O3/c1-15(2)24-23-26(36(35-24)25-16(3)7-6-8-18(25)29)32-22(33-27(23)38)14-17-10-11-19(20(37)13-17)31-28(39)34-21-9-4-5-12-30-21/h4-13,15,37H,14H2,1-3H3,(H,32,33,38)(H2,30,31,34,39). The van der Waals surface area contributed by atoms with Crippen LogP contribution in [0.3, 0.4) is 0 Å². The lowest BCUT2D eigenvalue weighted by atomic mass is 10.1. The molecule has 0 aliphatic heterocycles. The summed E-state index contributed by atoms with van der Waals surface area (Å²) in [5.41, 5.74) is 3.18. The largest absolute Gasteiger partial charge is 0.506 e. The molecule has 0 atom stereocenters. The maximum absolute atomic E-state index is 13.2. The first kappa shape index (κ1) is 25.9. The zero-order chi connectivity index (χ0) is 27.7. The summed E-state index contributed by atoms with van der Waals surface area (Å²) in [6, 6.07) is 15.0. The van der Waals surface area contributed by atoms with Crippen molar-refractivity contribution in [2.45, 2.75) is 33.1 Å². The maximum atomic E-state index is 13.2. The Morgan fingerprint density at radius 1 is 1.13 bits per heavy atom. The molecule has 198 valence electrons. The topological polar surface area (TPSA) is 138 Å². The van der Waals surface area contributed by atoms with E-state index < -0.39 is 6.03 Å². The van der Waals surface area contributed by atoms with E-state index in [1.807, 2.05) is 32.9 Å². The van der Waals surface area contributed by atoms with Gasteiger partial charge in [-0.25, -0.2) is 19.4 Å². The Bertz CT molecular complexity index is 1730. The Labute approximate surface area is 228 Å². The van der Waals surface area contributed by atoms with Gasteiger partial charge in [-0.2, -0.15) is 5.10 Å². The van der Waals surface area contributed by atoms with E-state index in [2.05, 4.69) is 20.6 Å². The molecule has 10 nitrogen and oxygen atoms in total. The van der Waals surface area contributed by atoms with Crippen LogP contribution in [0.5, 0.6) is 5.75 Å². The molecule has 0 fully saturated rings. The van der Waals surface area contributed by atoms with Gasteiger partial charge in [-0.15, -0.1) is 0 Å². The van der Waals surface area contributed by atoms with E-state index in [-0.39, 0.29) is 29.3 Å². The van der Waals surface area contributed by atoms with E-state index in [0.717, 1.165) is 5.56 Å². The van der Waals surface area contributed by atoms with Crippen molar-refractivity contribution in [2.24, 2.45) is 0 Å². The van der Waals surface area contributed by atoms with Gasteiger partial charge in [0.1, 0.15) is 22.8 Å². The second-order valence-corrected chi connectivity index (χ2v) is 9.80. The number of nitrogens with zero attached hydrogens (tertiary/aromatic N) is 4. The number of aryl methyl sites for hydroxylation is 1. The Kier molecular flexibility index (Phi) is 7.03. The molecule has 3 aromatic heterocycles. The maximum Gasteiger partial charge on any atom is 0.324 e. The number of aromatic amines is 1. The summed E-state index contributed by atoms with van der Waals surface area (Å²) in [4.78, 5) is 37.2. The first-order chi connectivity index (χ1) is 18.7. The van der Waals surface area contributed by atoms with Gasteiger partial charge in [-0.1, -0.05) is 49.7 Å². The molecular weight excluding hydrogens is 518 g/mol. The molecule has 0 radical (unpaired) electrons. The summed E-state index contributed by atoms with van der Waals surface area (Å²) < 4.78 is 1.63. The van der Waals surface area contributed by atoms with Gasteiger partial charge in [0.15, 0.2) is 5.65 Å². The Morgan fingerprint density at radius 3 is 2.64 bits per heavy atom. The van der Waals surface area contributed by atoms with Gasteiger partial charge in [0.05, 0.1) is 22.1 Å². The van der Waals surface area contributed by atoms with Crippen LogP contribution in [0.1, 0.15) is 42.4 Å². The van der Waals surface area contributed by atoms with Crippen LogP contribution in [0.15, 0.2) is 65.6 Å². The molecule has 0 saturated carbocycles. The smallest absolute Gasteiger partial charge is 0.324 e. The third-order valence-electron chi connectivity index (χ3n) is 6.15. The van der Waals surface area contributed by atoms with Crippen LogP contribution >= 0.6 is 11.6 Å². The number of fused-ring (bicyclic) bond motifs is 1. The van der Waals surface area contributed by atoms with Crippen molar-refractivity contribution in [1.82, 2.24) is 24.7 Å². The van der Waals surface area contributed by atoms with Gasteiger partial charge in [-0.05, 0) is 54.3 Å². The number of nitrogens with one attached hydrogen (secondary N) is 3. The molecular formula is C28H26ClN7O3. The highest BCUT2D eigenvalue weighted by Gasteiger charge is 2.22. The number of amides is 2. The van der Waals surface area contributed by atoms with E-state index in [9.17, 15) is 14.7 Å². The van der Waals surface area contributed by atoms with Gasteiger partial charge in [-0.3, -0.25) is 10.1 Å². The number of urea groups is 1. The van der Waals surface area contributed by atoms with Crippen molar-refractivity contribution in [3.05, 3.63) is 98.8 Å². The number of rotatable bonds is 6. The number of phenols is 1. The average molecular weight is 544 g/mol. The zero-order valence-corrected chi connectivity index (χ0v) is 22.2. The number of carbonyl (C=O) groups excluding carboxylic acids is 1. The molecule has 11 heteroatoms. The van der Waals surface area contributed by atoms with Crippen molar-refractivity contribution < 1.29 is 9.90 Å². The molecule has 2 aromatic carbocycles. The number of halogens is 1. The van der Waals surface area contributed by atoms with E-state index in [1.54, 1.807) is 47.3 Å². The summed E-state index contributed by atoms with van der Waals surface area (Å²) in [6.45, 7) is 5.86. The van der Waals surface area contributed by atoms with Crippen LogP contribution < -0.4 is 16.2 Å². The first-order valence-corrected chi connectivity index (χ1v) is 12.7. The lowest BCUT2D eigenvalue weighted by Gasteiger charge is -2.11. The molecule has 5 rings (SSSR count). The van der Waals surface area contributed by atoms with Gasteiger partial charge in [0.2, 0.25) is 0 Å². The van der Waals surface area contributed by atoms with Crippen molar-refractivity contribution in [3.8, 4) is 11.4 Å². The second kappa shape index (κ2) is 10.6. The fourth-order valence-corrected chi connectivity index (χ4v) is 4.63. The normalized spacial score (nSPS) is 11.2. The minimum atomic E-state index is -0.544. The minimum Gasteiger partial charge on any atom is -0.506 e. The number of benzene rings is 2. The highest BCUT2D eigenvalue weighted by atomic mass is 35.5. The minimum absolute atomic E-state index is 0.0165. The van der Waals surface area contributed by atoms with E-state index in [4.69, 9.17) is 21.7 Å². The van der Waals surface area contributed by atoms with Crippen molar-refractivity contribution in [2.75, 3.05) is 10.6 Å². The molecule has 0 aliphatic carbocycles. The van der Waals surface area contributed by atoms with Crippen LogP contribution in [-0.2, 0) is 6.42 Å². The number of carbonyl (C=O) groups is 1. The Morgan fingerprint density at radius 2 is 1.95 bits per heavy atom. The number of hydrogen-bond donors (Lipinski definition) is 4. The van der Waals surface area contributed by atoms with Gasteiger partial charge in [0, 0.05) is 12.6 Å². The molecule has 0 aliphatic rings. The first-order valence-electron chi connectivity index (χ1n) is 12.3. The predicted molar refractivity (Wildman–Crippen MR) is 151 cm³/mol. The highest BCUT2D eigenvalue weighted by molar-refractivity contribution is 6.32. The lowest BCUT2D eigenvalue weighted by molar-refractivity contribution is 0.262. The summed E-state index contributed by atoms with van der Waals surface area (Å²) in [6.07, 6.45) is 1.78. The molecule has 2 amide bonds. The molecule has 3 heterocycles. The molecule has 4 N–H and O–H groups in total.